The summed E-state index contributed by atoms with van der Waals surface area (Å²) in [6, 6.07) is 3.90. The van der Waals surface area contributed by atoms with E-state index in [1.165, 1.54) is 11.1 Å². The molecule has 0 unspecified atom stereocenters. The highest BCUT2D eigenvalue weighted by atomic mass is 32.1. The van der Waals surface area contributed by atoms with Gasteiger partial charge in [-0.05, 0) is 11.4 Å². The molecular weight excluding hydrogens is 266 g/mol. The lowest BCUT2D eigenvalue weighted by Gasteiger charge is -2.25. The van der Waals surface area contributed by atoms with Crippen LogP contribution in [0.25, 0.3) is 10.6 Å². The van der Waals surface area contributed by atoms with Crippen molar-refractivity contribution in [1.82, 2.24) is 14.6 Å². The summed E-state index contributed by atoms with van der Waals surface area (Å²) in [6.07, 6.45) is 2.80. The molecule has 3 heterocycles. The van der Waals surface area contributed by atoms with E-state index in [9.17, 15) is 4.79 Å². The minimum Gasteiger partial charge on any atom is -0.378 e. The topological polar surface area (TPSA) is 56.6 Å². The van der Waals surface area contributed by atoms with Crippen molar-refractivity contribution in [3.05, 3.63) is 30.0 Å². The molecule has 0 radical (unpaired) electrons. The minimum atomic E-state index is -0.376. The number of carbonyl (C=O) groups excluding carboxylic acids is 1. The van der Waals surface area contributed by atoms with Gasteiger partial charge in [-0.3, -0.25) is 0 Å². The first-order valence-corrected chi connectivity index (χ1v) is 6.84. The summed E-state index contributed by atoms with van der Waals surface area (Å²) in [4.78, 5) is 24.0. The molecule has 2 aromatic rings. The second-order valence-electron chi connectivity index (χ2n) is 4.04. The van der Waals surface area contributed by atoms with E-state index < -0.39 is 0 Å². The zero-order valence-electron chi connectivity index (χ0n) is 10.2. The Kier molecular flexibility index (Phi) is 3.47. The lowest BCUT2D eigenvalue weighted by molar-refractivity contribution is 0.0249. The van der Waals surface area contributed by atoms with Gasteiger partial charge in [-0.15, -0.1) is 11.3 Å². The van der Waals surface area contributed by atoms with Crippen LogP contribution in [-0.4, -0.2) is 47.0 Å². The van der Waals surface area contributed by atoms with E-state index in [1.54, 1.807) is 22.4 Å². The van der Waals surface area contributed by atoms with Crippen molar-refractivity contribution in [2.45, 2.75) is 0 Å². The van der Waals surface area contributed by atoms with Crippen molar-refractivity contribution in [3.63, 3.8) is 0 Å². The van der Waals surface area contributed by atoms with Gasteiger partial charge in [0.15, 0.2) is 0 Å². The molecule has 0 spiro atoms. The zero-order chi connectivity index (χ0) is 13.1. The van der Waals surface area contributed by atoms with Crippen LogP contribution in [0, 0.1) is 0 Å². The average molecular weight is 279 g/mol. The number of amides is 1. The summed E-state index contributed by atoms with van der Waals surface area (Å²) in [5.74, 6) is 0. The second kappa shape index (κ2) is 5.41. The predicted molar refractivity (Wildman–Crippen MR) is 69.9 cm³/mol. The van der Waals surface area contributed by atoms with E-state index in [2.05, 4.69) is 4.98 Å². The van der Waals surface area contributed by atoms with Crippen LogP contribution in [0.5, 0.6) is 0 Å². The van der Waals surface area contributed by atoms with Gasteiger partial charge >= 0.3 is 6.09 Å². The Balaban J connectivity index is 1.73. The van der Waals surface area contributed by atoms with Gasteiger partial charge in [-0.2, -0.15) is 4.73 Å². The van der Waals surface area contributed by atoms with Crippen molar-refractivity contribution in [2.24, 2.45) is 0 Å². The Bertz CT molecular complexity index is 546. The standard InChI is InChI=1S/C12H13N3O3S/c16-12(14-3-5-17-6-4-14)18-15-9-13-8-10(15)11-2-1-7-19-11/h1-2,7-9H,3-6H2. The van der Waals surface area contributed by atoms with E-state index in [-0.39, 0.29) is 6.09 Å². The maximum absolute atomic E-state index is 12.0. The fourth-order valence-electron chi connectivity index (χ4n) is 1.84. The number of thiophene rings is 1. The quantitative estimate of drug-likeness (QED) is 0.836. The van der Waals surface area contributed by atoms with Crippen molar-refractivity contribution in [2.75, 3.05) is 26.3 Å². The number of nitrogens with zero attached hydrogens (tertiary/aromatic N) is 3. The van der Waals surface area contributed by atoms with Crippen molar-refractivity contribution in [1.29, 1.82) is 0 Å². The number of aromatic nitrogens is 2. The smallest absolute Gasteiger partial charge is 0.378 e. The first kappa shape index (κ1) is 12.2. The molecule has 2 aromatic heterocycles. The van der Waals surface area contributed by atoms with Gasteiger partial charge in [0.1, 0.15) is 12.0 Å². The summed E-state index contributed by atoms with van der Waals surface area (Å²) >= 11 is 1.57. The van der Waals surface area contributed by atoms with Crippen LogP contribution >= 0.6 is 11.3 Å². The Hall–Kier alpha value is -1.86. The molecule has 0 atom stereocenters. The zero-order valence-corrected chi connectivity index (χ0v) is 11.0. The van der Waals surface area contributed by atoms with Gasteiger partial charge in [0, 0.05) is 13.1 Å². The van der Waals surface area contributed by atoms with E-state index >= 15 is 0 Å². The highest BCUT2D eigenvalue weighted by Gasteiger charge is 2.20. The largest absolute Gasteiger partial charge is 0.434 e. The van der Waals surface area contributed by atoms with E-state index in [0.717, 1.165) is 10.6 Å². The molecule has 1 aliphatic heterocycles. The molecule has 6 nitrogen and oxygen atoms in total. The van der Waals surface area contributed by atoms with Crippen LogP contribution in [-0.2, 0) is 4.74 Å². The van der Waals surface area contributed by atoms with Crippen LogP contribution in [0.3, 0.4) is 0 Å². The third kappa shape index (κ3) is 2.61. The molecule has 1 fully saturated rings. The molecule has 0 saturated carbocycles. The van der Waals surface area contributed by atoms with E-state index in [4.69, 9.17) is 9.57 Å². The summed E-state index contributed by atoms with van der Waals surface area (Å²) in [7, 11) is 0. The molecule has 0 aromatic carbocycles. The second-order valence-corrected chi connectivity index (χ2v) is 4.99. The number of hydrogen-bond acceptors (Lipinski definition) is 5. The normalized spacial score (nSPS) is 15.5. The van der Waals surface area contributed by atoms with Gasteiger partial charge in [0.2, 0.25) is 0 Å². The number of carbonyl (C=O) groups is 1. The molecule has 0 aliphatic carbocycles. The first-order chi connectivity index (χ1) is 9.34. The van der Waals surface area contributed by atoms with Crippen LogP contribution < -0.4 is 4.84 Å². The molecule has 1 aliphatic rings. The molecule has 7 heteroatoms. The van der Waals surface area contributed by atoms with E-state index in [1.807, 2.05) is 17.5 Å². The Morgan fingerprint density at radius 2 is 2.26 bits per heavy atom. The third-order valence-corrected chi connectivity index (χ3v) is 3.72. The molecule has 1 saturated heterocycles. The van der Waals surface area contributed by atoms with Crippen molar-refractivity contribution in [3.8, 4) is 10.6 Å². The van der Waals surface area contributed by atoms with Gasteiger partial charge in [-0.1, -0.05) is 6.07 Å². The maximum Gasteiger partial charge on any atom is 0.434 e. The minimum absolute atomic E-state index is 0.376. The third-order valence-electron chi connectivity index (χ3n) is 2.83. The SMILES string of the molecule is O=C(On1cncc1-c1cccs1)N1CCOCC1. The number of ether oxygens (including phenoxy) is 1. The van der Waals surface area contributed by atoms with Gasteiger partial charge in [0.25, 0.3) is 0 Å². The molecule has 3 rings (SSSR count). The molecule has 0 bridgehead atoms. The monoisotopic (exact) mass is 279 g/mol. The molecular formula is C12H13N3O3S. The van der Waals surface area contributed by atoms with E-state index in [0.29, 0.717) is 26.3 Å². The Morgan fingerprint density at radius 3 is 3.00 bits per heavy atom. The molecule has 1 amide bonds. The summed E-state index contributed by atoms with van der Waals surface area (Å²) in [5, 5.41) is 1.97. The average Bonchev–Trinajstić information content (AvgIpc) is 3.10. The number of rotatable bonds is 2. The summed E-state index contributed by atoms with van der Waals surface area (Å²) < 4.78 is 6.61. The molecule has 0 N–H and O–H groups in total. The lowest BCUT2D eigenvalue weighted by Crippen LogP contribution is -2.44. The van der Waals surface area contributed by atoms with Crippen molar-refractivity contribution >= 4 is 17.4 Å². The Labute approximate surface area is 114 Å². The fourth-order valence-corrected chi connectivity index (χ4v) is 2.56. The molecule has 100 valence electrons. The van der Waals surface area contributed by atoms with Gasteiger partial charge < -0.3 is 14.5 Å². The summed E-state index contributed by atoms with van der Waals surface area (Å²) in [6.45, 7) is 2.22. The van der Waals surface area contributed by atoms with Crippen LogP contribution in [0.4, 0.5) is 4.79 Å². The maximum atomic E-state index is 12.0. The predicted octanol–water partition coefficient (Wildman–Crippen LogP) is 1.49. The number of morpholine rings is 1. The van der Waals surface area contributed by atoms with Crippen LogP contribution in [0.1, 0.15) is 0 Å². The highest BCUT2D eigenvalue weighted by molar-refractivity contribution is 7.13. The fraction of sp³-hybridized carbons (Fsp3) is 0.333. The first-order valence-electron chi connectivity index (χ1n) is 5.96. The van der Waals surface area contributed by atoms with Crippen LogP contribution in [0.15, 0.2) is 30.0 Å². The van der Waals surface area contributed by atoms with Gasteiger partial charge in [-0.25, -0.2) is 9.78 Å². The molecule has 19 heavy (non-hydrogen) atoms. The Morgan fingerprint density at radius 1 is 1.42 bits per heavy atom. The summed E-state index contributed by atoms with van der Waals surface area (Å²) in [5.41, 5.74) is 0.775. The number of imidazole rings is 1. The number of hydrogen-bond donors (Lipinski definition) is 0. The van der Waals surface area contributed by atoms with Crippen LogP contribution in [0.2, 0.25) is 0 Å². The van der Waals surface area contributed by atoms with Gasteiger partial charge in [0.05, 0.1) is 24.3 Å². The highest BCUT2D eigenvalue weighted by Crippen LogP contribution is 2.23. The lowest BCUT2D eigenvalue weighted by atomic mass is 10.4. The van der Waals surface area contributed by atoms with Crippen molar-refractivity contribution < 1.29 is 14.4 Å².